The van der Waals surface area contributed by atoms with E-state index in [0.29, 0.717) is 16.9 Å². The minimum absolute atomic E-state index is 0.227. The van der Waals surface area contributed by atoms with Gasteiger partial charge in [0.15, 0.2) is 9.84 Å². The fraction of sp³-hybridized carbons (Fsp3) is 0.0556. The Kier molecular flexibility index (Phi) is 4.12. The zero-order valence-corrected chi connectivity index (χ0v) is 15.6. The maximum atomic E-state index is 11.7. The van der Waals surface area contributed by atoms with Crippen molar-refractivity contribution < 1.29 is 22.4 Å². The van der Waals surface area contributed by atoms with Crippen molar-refractivity contribution in [2.24, 2.45) is 0 Å². The number of benzene rings is 1. The topological polar surface area (TPSA) is 106 Å². The molecular weight excluding hydrogens is 388 g/mol. The van der Waals surface area contributed by atoms with Crippen molar-refractivity contribution in [3.05, 3.63) is 53.4 Å². The minimum atomic E-state index is -3.28. The molecule has 1 fully saturated rings. The summed E-state index contributed by atoms with van der Waals surface area (Å²) in [6.07, 6.45) is 5.90. The van der Waals surface area contributed by atoms with E-state index in [2.05, 4.69) is 10.3 Å². The lowest BCUT2D eigenvalue weighted by Gasteiger charge is -2.03. The molecule has 9 heteroatoms. The van der Waals surface area contributed by atoms with Gasteiger partial charge in [0.1, 0.15) is 11.3 Å². The van der Waals surface area contributed by atoms with Crippen LogP contribution in [0.5, 0.6) is 0 Å². The van der Waals surface area contributed by atoms with Crippen molar-refractivity contribution in [1.82, 2.24) is 10.3 Å². The van der Waals surface area contributed by atoms with Crippen molar-refractivity contribution in [2.45, 2.75) is 4.90 Å². The van der Waals surface area contributed by atoms with Crippen molar-refractivity contribution >= 4 is 49.8 Å². The first-order valence-corrected chi connectivity index (χ1v) is 10.4. The first kappa shape index (κ1) is 17.5. The second-order valence-corrected chi connectivity index (χ2v) is 8.93. The molecule has 0 saturated carbocycles. The molecule has 1 saturated heterocycles. The molecule has 1 aliphatic heterocycles. The number of sulfone groups is 1. The average molecular weight is 400 g/mol. The summed E-state index contributed by atoms with van der Waals surface area (Å²) in [6, 6.07) is 8.15. The SMILES string of the molecule is CS(=O)(=O)c1ccc(-c2cncc3cc(/C=C4\SC(=O)NC4=O)oc23)cc1. The lowest BCUT2D eigenvalue weighted by molar-refractivity contribution is -0.115. The number of imide groups is 1. The summed E-state index contributed by atoms with van der Waals surface area (Å²) in [7, 11) is -3.28. The number of nitrogens with one attached hydrogen (secondary N) is 1. The van der Waals surface area contributed by atoms with Gasteiger partial charge in [0, 0.05) is 35.7 Å². The summed E-state index contributed by atoms with van der Waals surface area (Å²) in [6.45, 7) is 0. The fourth-order valence-electron chi connectivity index (χ4n) is 2.69. The van der Waals surface area contributed by atoms with Crippen LogP contribution in [0.25, 0.3) is 28.2 Å². The molecule has 7 nitrogen and oxygen atoms in total. The lowest BCUT2D eigenvalue weighted by Crippen LogP contribution is -2.17. The maximum Gasteiger partial charge on any atom is 0.290 e. The molecule has 3 aromatic rings. The molecule has 136 valence electrons. The maximum absolute atomic E-state index is 11.7. The molecular formula is C18H12N2O5S2. The summed E-state index contributed by atoms with van der Waals surface area (Å²) < 4.78 is 29.1. The molecule has 4 rings (SSSR count). The van der Waals surface area contributed by atoms with Crippen LogP contribution in [0, 0.1) is 0 Å². The highest BCUT2D eigenvalue weighted by Gasteiger charge is 2.25. The van der Waals surface area contributed by atoms with E-state index in [9.17, 15) is 18.0 Å². The summed E-state index contributed by atoms with van der Waals surface area (Å²) >= 11 is 0.812. The van der Waals surface area contributed by atoms with Crippen molar-refractivity contribution in [3.8, 4) is 11.1 Å². The Bertz CT molecular complexity index is 1220. The zero-order valence-electron chi connectivity index (χ0n) is 13.9. The van der Waals surface area contributed by atoms with Crippen LogP contribution in [0.4, 0.5) is 4.79 Å². The van der Waals surface area contributed by atoms with Crippen LogP contribution in [-0.2, 0) is 14.6 Å². The number of pyridine rings is 1. The van der Waals surface area contributed by atoms with E-state index in [0.717, 1.165) is 29.0 Å². The molecule has 0 spiro atoms. The zero-order chi connectivity index (χ0) is 19.2. The van der Waals surface area contributed by atoms with Crippen LogP contribution in [-0.4, -0.2) is 30.8 Å². The third-order valence-corrected chi connectivity index (χ3v) is 5.89. The van der Waals surface area contributed by atoms with E-state index in [4.69, 9.17) is 4.42 Å². The second kappa shape index (κ2) is 6.36. The van der Waals surface area contributed by atoms with Crippen LogP contribution >= 0.6 is 11.8 Å². The highest BCUT2D eigenvalue weighted by atomic mass is 32.2. The van der Waals surface area contributed by atoms with Crippen molar-refractivity contribution in [2.75, 3.05) is 6.26 Å². The molecule has 2 amide bonds. The number of furan rings is 1. The van der Waals surface area contributed by atoms with Gasteiger partial charge in [-0.25, -0.2) is 8.42 Å². The number of thioether (sulfide) groups is 1. The third-order valence-electron chi connectivity index (χ3n) is 3.95. The van der Waals surface area contributed by atoms with Crippen molar-refractivity contribution in [1.29, 1.82) is 0 Å². The molecule has 0 bridgehead atoms. The minimum Gasteiger partial charge on any atom is -0.456 e. The van der Waals surface area contributed by atoms with Crippen LogP contribution in [0.3, 0.4) is 0 Å². The summed E-state index contributed by atoms with van der Waals surface area (Å²) in [5.41, 5.74) is 1.99. The Labute approximate surface area is 158 Å². The molecule has 0 atom stereocenters. The fourth-order valence-corrected chi connectivity index (χ4v) is 3.98. The van der Waals surface area contributed by atoms with Crippen LogP contribution in [0.1, 0.15) is 5.76 Å². The molecule has 3 heterocycles. The smallest absolute Gasteiger partial charge is 0.290 e. The van der Waals surface area contributed by atoms with E-state index in [-0.39, 0.29) is 9.80 Å². The van der Waals surface area contributed by atoms with Crippen LogP contribution < -0.4 is 5.32 Å². The molecule has 2 aromatic heterocycles. The predicted octanol–water partition coefficient (Wildman–Crippen LogP) is 3.22. The Hall–Kier alpha value is -2.91. The highest BCUT2D eigenvalue weighted by molar-refractivity contribution is 8.18. The molecule has 0 unspecified atom stereocenters. The normalized spacial score (nSPS) is 16.3. The molecule has 0 radical (unpaired) electrons. The number of carbonyl (C=O) groups excluding carboxylic acids is 2. The van der Waals surface area contributed by atoms with Gasteiger partial charge in [0.25, 0.3) is 11.1 Å². The number of hydrogen-bond donors (Lipinski definition) is 1. The van der Waals surface area contributed by atoms with Crippen LogP contribution in [0.2, 0.25) is 0 Å². The number of aromatic nitrogens is 1. The number of carbonyl (C=O) groups is 2. The Morgan fingerprint density at radius 1 is 1.15 bits per heavy atom. The van der Waals surface area contributed by atoms with Gasteiger partial charge in [-0.2, -0.15) is 0 Å². The van der Waals surface area contributed by atoms with Gasteiger partial charge < -0.3 is 4.42 Å². The van der Waals surface area contributed by atoms with Gasteiger partial charge in [0.05, 0.1) is 9.80 Å². The Morgan fingerprint density at radius 3 is 2.52 bits per heavy atom. The van der Waals surface area contributed by atoms with E-state index < -0.39 is 21.0 Å². The molecule has 1 aliphatic rings. The van der Waals surface area contributed by atoms with E-state index in [1.807, 2.05) is 0 Å². The molecule has 1 N–H and O–H groups in total. The largest absolute Gasteiger partial charge is 0.456 e. The number of nitrogens with zero attached hydrogens (tertiary/aromatic N) is 1. The first-order chi connectivity index (χ1) is 12.8. The van der Waals surface area contributed by atoms with Gasteiger partial charge in [0.2, 0.25) is 0 Å². The van der Waals surface area contributed by atoms with Gasteiger partial charge in [-0.3, -0.25) is 19.9 Å². The summed E-state index contributed by atoms with van der Waals surface area (Å²) in [5, 5.41) is 2.49. The van der Waals surface area contributed by atoms with E-state index in [1.165, 1.54) is 18.2 Å². The quantitative estimate of drug-likeness (QED) is 0.673. The van der Waals surface area contributed by atoms with Gasteiger partial charge >= 0.3 is 0 Å². The van der Waals surface area contributed by atoms with Crippen molar-refractivity contribution in [3.63, 3.8) is 0 Å². The molecule has 27 heavy (non-hydrogen) atoms. The first-order valence-electron chi connectivity index (χ1n) is 7.74. The number of fused-ring (bicyclic) bond motifs is 1. The molecule has 0 aliphatic carbocycles. The standard InChI is InChI=1S/C18H12N2O5S2/c1-27(23,24)13-4-2-10(3-5-13)14-9-19-8-11-6-12(25-16(11)14)7-15-17(21)20-18(22)26-15/h2-9H,1H3,(H,20,21,22)/b15-7-. The predicted molar refractivity (Wildman–Crippen MR) is 102 cm³/mol. The summed E-state index contributed by atoms with van der Waals surface area (Å²) in [4.78, 5) is 27.6. The van der Waals surface area contributed by atoms with Gasteiger partial charge in [-0.15, -0.1) is 0 Å². The second-order valence-electron chi connectivity index (χ2n) is 5.90. The average Bonchev–Trinajstić information content (AvgIpc) is 3.16. The number of hydrogen-bond acceptors (Lipinski definition) is 7. The monoisotopic (exact) mass is 400 g/mol. The Morgan fingerprint density at radius 2 is 1.89 bits per heavy atom. The van der Waals surface area contributed by atoms with E-state index >= 15 is 0 Å². The van der Waals surface area contributed by atoms with Gasteiger partial charge in [-0.1, -0.05) is 12.1 Å². The lowest BCUT2D eigenvalue weighted by atomic mass is 10.1. The Balaban J connectivity index is 1.77. The summed E-state index contributed by atoms with van der Waals surface area (Å²) in [5.74, 6) is -0.0421. The number of rotatable bonds is 3. The number of amides is 2. The molecule has 1 aromatic carbocycles. The third kappa shape index (κ3) is 3.38. The van der Waals surface area contributed by atoms with Gasteiger partial charge in [-0.05, 0) is 35.5 Å². The van der Waals surface area contributed by atoms with Crippen LogP contribution in [0.15, 0.2) is 56.9 Å². The highest BCUT2D eigenvalue weighted by Crippen LogP contribution is 2.33. The van der Waals surface area contributed by atoms with E-state index in [1.54, 1.807) is 30.6 Å².